The summed E-state index contributed by atoms with van der Waals surface area (Å²) in [6, 6.07) is 13.0. The molecule has 0 aliphatic heterocycles. The molecule has 108 valence electrons. The number of aliphatic hydroxyl groups is 1. The molecule has 2 N–H and O–H groups in total. The molecule has 0 amide bonds. The predicted octanol–water partition coefficient (Wildman–Crippen LogP) is 2.61. The van der Waals surface area contributed by atoms with Gasteiger partial charge in [-0.3, -0.25) is 0 Å². The Kier molecular flexibility index (Phi) is 4.80. The van der Waals surface area contributed by atoms with Crippen molar-refractivity contribution in [2.24, 2.45) is 5.92 Å². The molecular weight excluding hydrogens is 248 g/mol. The van der Waals surface area contributed by atoms with E-state index in [0.29, 0.717) is 12.0 Å². The lowest BCUT2D eigenvalue weighted by Crippen LogP contribution is -2.54. The first kappa shape index (κ1) is 15.0. The minimum Gasteiger partial charge on any atom is -0.395 e. The van der Waals surface area contributed by atoms with Crippen LogP contribution < -0.4 is 5.32 Å². The van der Waals surface area contributed by atoms with E-state index < -0.39 is 0 Å². The first-order valence-electron chi connectivity index (χ1n) is 7.43. The van der Waals surface area contributed by atoms with E-state index in [1.165, 1.54) is 0 Å². The Balaban J connectivity index is 1.94. The number of aliphatic hydroxyl groups excluding tert-OH is 1. The van der Waals surface area contributed by atoms with Crippen molar-refractivity contribution in [1.82, 2.24) is 5.32 Å². The molecule has 20 heavy (non-hydrogen) atoms. The standard InChI is InChI=1S/C17H24N2O/c1-13(2)8-15(11-20)19-16-9-17(10-16,12-18)14-6-4-3-5-7-14/h3-7,13,15-16,19-20H,8-11H2,1-2H3. The smallest absolute Gasteiger partial charge is 0.0852 e. The average molecular weight is 272 g/mol. The maximum atomic E-state index is 9.52. The Morgan fingerprint density at radius 2 is 2.00 bits per heavy atom. The molecule has 1 atom stereocenters. The van der Waals surface area contributed by atoms with Gasteiger partial charge in [-0.2, -0.15) is 5.26 Å². The predicted molar refractivity (Wildman–Crippen MR) is 80.2 cm³/mol. The monoisotopic (exact) mass is 272 g/mol. The van der Waals surface area contributed by atoms with Gasteiger partial charge in [0.05, 0.1) is 18.1 Å². The Bertz CT molecular complexity index is 458. The van der Waals surface area contributed by atoms with E-state index in [4.69, 9.17) is 0 Å². The summed E-state index contributed by atoms with van der Waals surface area (Å²) in [5, 5.41) is 22.4. The second-order valence-corrected chi connectivity index (χ2v) is 6.34. The van der Waals surface area contributed by atoms with Crippen molar-refractivity contribution in [3.05, 3.63) is 35.9 Å². The van der Waals surface area contributed by atoms with Crippen molar-refractivity contribution in [2.75, 3.05) is 6.61 Å². The third kappa shape index (κ3) is 3.20. The molecule has 1 aliphatic rings. The van der Waals surface area contributed by atoms with Crippen molar-refractivity contribution in [3.63, 3.8) is 0 Å². The second-order valence-electron chi connectivity index (χ2n) is 6.34. The van der Waals surface area contributed by atoms with Gasteiger partial charge >= 0.3 is 0 Å². The Hall–Kier alpha value is -1.37. The van der Waals surface area contributed by atoms with Crippen LogP contribution in [0.25, 0.3) is 0 Å². The van der Waals surface area contributed by atoms with Crippen LogP contribution in [0.4, 0.5) is 0 Å². The van der Waals surface area contributed by atoms with Gasteiger partial charge in [-0.25, -0.2) is 0 Å². The molecule has 3 nitrogen and oxygen atoms in total. The molecule has 1 saturated carbocycles. The highest BCUT2D eigenvalue weighted by atomic mass is 16.3. The molecule has 1 unspecified atom stereocenters. The first-order valence-corrected chi connectivity index (χ1v) is 7.43. The van der Waals surface area contributed by atoms with E-state index in [0.717, 1.165) is 24.8 Å². The van der Waals surface area contributed by atoms with Gasteiger partial charge in [0.2, 0.25) is 0 Å². The number of hydrogen-bond donors (Lipinski definition) is 2. The lowest BCUT2D eigenvalue weighted by atomic mass is 9.62. The molecule has 1 aromatic carbocycles. The minimum atomic E-state index is -0.337. The summed E-state index contributed by atoms with van der Waals surface area (Å²) < 4.78 is 0. The normalized spacial score (nSPS) is 26.9. The van der Waals surface area contributed by atoms with Gasteiger partial charge in [0.1, 0.15) is 0 Å². The largest absolute Gasteiger partial charge is 0.395 e. The summed E-state index contributed by atoms with van der Waals surface area (Å²) in [6.45, 7) is 4.49. The molecular formula is C17H24N2O. The zero-order valence-electron chi connectivity index (χ0n) is 12.3. The molecule has 0 aromatic heterocycles. The van der Waals surface area contributed by atoms with Crippen molar-refractivity contribution < 1.29 is 5.11 Å². The van der Waals surface area contributed by atoms with Crippen LogP contribution in [0.15, 0.2) is 30.3 Å². The summed E-state index contributed by atoms with van der Waals surface area (Å²) in [6.07, 6.45) is 2.64. The van der Waals surface area contributed by atoms with Gasteiger partial charge in [-0.05, 0) is 30.7 Å². The molecule has 0 spiro atoms. The molecule has 0 heterocycles. The van der Waals surface area contributed by atoms with Crippen molar-refractivity contribution >= 4 is 0 Å². The van der Waals surface area contributed by atoms with Gasteiger partial charge in [0.25, 0.3) is 0 Å². The average Bonchev–Trinajstić information content (AvgIpc) is 2.41. The zero-order chi connectivity index (χ0) is 14.6. The number of nitrogens with one attached hydrogen (secondary N) is 1. The fraction of sp³-hybridized carbons (Fsp3) is 0.588. The Morgan fingerprint density at radius 1 is 1.35 bits per heavy atom. The van der Waals surface area contributed by atoms with E-state index in [2.05, 4.69) is 25.2 Å². The van der Waals surface area contributed by atoms with E-state index >= 15 is 0 Å². The molecule has 3 heteroatoms. The maximum absolute atomic E-state index is 9.52. The Labute approximate surface area is 121 Å². The SMILES string of the molecule is CC(C)CC(CO)NC1CC(C#N)(c2ccccc2)C1. The van der Waals surface area contributed by atoms with Crippen LogP contribution in [0.2, 0.25) is 0 Å². The van der Waals surface area contributed by atoms with Gasteiger partial charge in [-0.1, -0.05) is 44.2 Å². The van der Waals surface area contributed by atoms with Crippen LogP contribution in [0.3, 0.4) is 0 Å². The lowest BCUT2D eigenvalue weighted by molar-refractivity contribution is 0.159. The number of hydrogen-bond acceptors (Lipinski definition) is 3. The summed E-state index contributed by atoms with van der Waals surface area (Å²) in [5.74, 6) is 0.564. The number of nitrogens with zero attached hydrogens (tertiary/aromatic N) is 1. The van der Waals surface area contributed by atoms with Gasteiger partial charge < -0.3 is 10.4 Å². The van der Waals surface area contributed by atoms with E-state index in [1.807, 2.05) is 30.3 Å². The van der Waals surface area contributed by atoms with Crippen LogP contribution in [0, 0.1) is 17.2 Å². The highest BCUT2D eigenvalue weighted by Crippen LogP contribution is 2.43. The first-order chi connectivity index (χ1) is 9.59. The van der Waals surface area contributed by atoms with Crippen LogP contribution in [0.5, 0.6) is 0 Å². The molecule has 0 saturated heterocycles. The van der Waals surface area contributed by atoms with E-state index in [1.54, 1.807) is 0 Å². The Morgan fingerprint density at radius 3 is 2.50 bits per heavy atom. The molecule has 2 rings (SSSR count). The summed E-state index contributed by atoms with van der Waals surface area (Å²) >= 11 is 0. The van der Waals surface area contributed by atoms with Crippen LogP contribution in [-0.4, -0.2) is 23.8 Å². The maximum Gasteiger partial charge on any atom is 0.0852 e. The summed E-state index contributed by atoms with van der Waals surface area (Å²) in [4.78, 5) is 0. The fourth-order valence-electron chi connectivity index (χ4n) is 3.15. The third-order valence-corrected chi connectivity index (χ3v) is 4.18. The highest BCUT2D eigenvalue weighted by Gasteiger charge is 2.46. The second kappa shape index (κ2) is 6.39. The number of benzene rings is 1. The van der Waals surface area contributed by atoms with Crippen LogP contribution >= 0.6 is 0 Å². The van der Waals surface area contributed by atoms with Gasteiger partial charge in [-0.15, -0.1) is 0 Å². The topological polar surface area (TPSA) is 56.0 Å². The third-order valence-electron chi connectivity index (χ3n) is 4.18. The minimum absolute atomic E-state index is 0.146. The van der Waals surface area contributed by atoms with E-state index in [9.17, 15) is 10.4 Å². The lowest BCUT2D eigenvalue weighted by Gasteiger charge is -2.45. The summed E-state index contributed by atoms with van der Waals surface area (Å²) in [7, 11) is 0. The quantitative estimate of drug-likeness (QED) is 0.837. The van der Waals surface area contributed by atoms with Gasteiger partial charge in [0, 0.05) is 12.1 Å². The van der Waals surface area contributed by atoms with Gasteiger partial charge in [0.15, 0.2) is 0 Å². The molecule has 1 fully saturated rings. The van der Waals surface area contributed by atoms with Crippen molar-refractivity contribution in [1.29, 1.82) is 5.26 Å². The van der Waals surface area contributed by atoms with Crippen molar-refractivity contribution in [2.45, 2.75) is 50.6 Å². The summed E-state index contributed by atoms with van der Waals surface area (Å²) in [5.41, 5.74) is 0.779. The van der Waals surface area contributed by atoms with E-state index in [-0.39, 0.29) is 18.1 Å². The molecule has 0 bridgehead atoms. The molecule has 0 radical (unpaired) electrons. The van der Waals surface area contributed by atoms with Crippen LogP contribution in [0.1, 0.15) is 38.7 Å². The number of rotatable bonds is 6. The van der Waals surface area contributed by atoms with Crippen LogP contribution in [-0.2, 0) is 5.41 Å². The molecule has 1 aromatic rings. The highest BCUT2D eigenvalue weighted by molar-refractivity contribution is 5.36. The van der Waals surface area contributed by atoms with Crippen molar-refractivity contribution in [3.8, 4) is 6.07 Å². The zero-order valence-corrected chi connectivity index (χ0v) is 12.3. The fourth-order valence-corrected chi connectivity index (χ4v) is 3.15. The molecule has 1 aliphatic carbocycles. The number of nitriles is 1.